The van der Waals surface area contributed by atoms with Crippen molar-refractivity contribution in [2.45, 2.75) is 50.7 Å². The number of nitrogens with one attached hydrogen (secondary N) is 1. The minimum atomic E-state index is -0.0123. The van der Waals surface area contributed by atoms with E-state index in [0.717, 1.165) is 29.8 Å². The van der Waals surface area contributed by atoms with Gasteiger partial charge in [-0.2, -0.15) is 5.10 Å². The highest BCUT2D eigenvalue weighted by Gasteiger charge is 2.36. The first-order valence-corrected chi connectivity index (χ1v) is 9.29. The van der Waals surface area contributed by atoms with Gasteiger partial charge in [-0.3, -0.25) is 4.79 Å². The van der Waals surface area contributed by atoms with E-state index in [4.69, 9.17) is 4.74 Å². The molecule has 1 aromatic carbocycles. The zero-order valence-electron chi connectivity index (χ0n) is 16.0. The first kappa shape index (κ1) is 19.7. The second-order valence-corrected chi connectivity index (χ2v) is 7.50. The molecule has 6 nitrogen and oxygen atoms in total. The molecule has 2 bridgehead atoms. The van der Waals surface area contributed by atoms with Gasteiger partial charge in [0, 0.05) is 31.4 Å². The van der Waals surface area contributed by atoms with Crippen molar-refractivity contribution in [1.82, 2.24) is 20.0 Å². The van der Waals surface area contributed by atoms with Gasteiger partial charge in [0.2, 0.25) is 0 Å². The number of ether oxygens (including phenoxy) is 1. The highest BCUT2D eigenvalue weighted by molar-refractivity contribution is 5.92. The molecule has 146 valence electrons. The summed E-state index contributed by atoms with van der Waals surface area (Å²) < 4.78 is 7.16. The van der Waals surface area contributed by atoms with Crippen LogP contribution in [0.4, 0.5) is 0 Å². The number of carbonyl (C=O) groups excluding carboxylic acids is 1. The van der Waals surface area contributed by atoms with Crippen molar-refractivity contribution in [1.29, 1.82) is 0 Å². The molecule has 0 aliphatic carbocycles. The van der Waals surface area contributed by atoms with Gasteiger partial charge < -0.3 is 15.0 Å². The standard InChI is InChI=1S/C20H26N4O2.ClH/c1-13-4-7-19(26-3)18(10-13)24-9-8-17(22-24)20(25)23(2)16-11-14-5-6-15(12-16)21-14;/h4,7-10,14-16,21H,5-6,11-12H2,1-3H3;1H. The summed E-state index contributed by atoms with van der Waals surface area (Å²) in [7, 11) is 3.55. The van der Waals surface area contributed by atoms with E-state index in [-0.39, 0.29) is 18.3 Å². The quantitative estimate of drug-likeness (QED) is 0.871. The van der Waals surface area contributed by atoms with Gasteiger partial charge in [-0.05, 0) is 56.4 Å². The Morgan fingerprint density at radius 3 is 2.63 bits per heavy atom. The summed E-state index contributed by atoms with van der Waals surface area (Å²) in [6.07, 6.45) is 6.34. The first-order chi connectivity index (χ1) is 12.5. The Balaban J connectivity index is 0.00000210. The molecule has 7 heteroatoms. The Hall–Kier alpha value is -2.05. The van der Waals surface area contributed by atoms with Crippen molar-refractivity contribution >= 4 is 18.3 Å². The molecule has 4 rings (SSSR count). The number of aromatic nitrogens is 2. The average Bonchev–Trinajstić information content (AvgIpc) is 3.27. The monoisotopic (exact) mass is 390 g/mol. The SMILES string of the molecule is COc1ccc(C)cc1-n1ccc(C(=O)N(C)C2CC3CCC(C2)N3)n1.Cl. The lowest BCUT2D eigenvalue weighted by Crippen LogP contribution is -2.48. The summed E-state index contributed by atoms with van der Waals surface area (Å²) in [6.45, 7) is 2.03. The number of nitrogens with zero attached hydrogens (tertiary/aromatic N) is 3. The Morgan fingerprint density at radius 1 is 1.26 bits per heavy atom. The molecular formula is C20H27ClN4O2. The lowest BCUT2D eigenvalue weighted by Gasteiger charge is -2.35. The molecule has 3 heterocycles. The predicted molar refractivity (Wildman–Crippen MR) is 107 cm³/mol. The van der Waals surface area contributed by atoms with Crippen LogP contribution >= 0.6 is 12.4 Å². The van der Waals surface area contributed by atoms with Gasteiger partial charge in [-0.1, -0.05) is 6.07 Å². The number of piperidine rings is 1. The fourth-order valence-electron chi connectivity index (χ4n) is 4.24. The molecule has 27 heavy (non-hydrogen) atoms. The molecule has 2 aromatic rings. The molecule has 2 unspecified atom stereocenters. The first-order valence-electron chi connectivity index (χ1n) is 9.29. The van der Waals surface area contributed by atoms with Crippen LogP contribution < -0.4 is 10.1 Å². The van der Waals surface area contributed by atoms with Gasteiger partial charge in [-0.25, -0.2) is 4.68 Å². The molecule has 1 amide bonds. The maximum Gasteiger partial charge on any atom is 0.274 e. The van der Waals surface area contributed by atoms with Gasteiger partial charge in [0.05, 0.1) is 7.11 Å². The summed E-state index contributed by atoms with van der Waals surface area (Å²) in [5.74, 6) is 0.725. The average molecular weight is 391 g/mol. The molecule has 0 saturated carbocycles. The van der Waals surface area contributed by atoms with E-state index in [1.165, 1.54) is 12.8 Å². The third-order valence-electron chi connectivity index (χ3n) is 5.71. The number of halogens is 1. The summed E-state index contributed by atoms with van der Waals surface area (Å²) in [6, 6.07) is 9.12. The predicted octanol–water partition coefficient (Wildman–Crippen LogP) is 2.97. The Kier molecular flexibility index (Phi) is 5.77. The number of hydrogen-bond donors (Lipinski definition) is 1. The third kappa shape index (κ3) is 3.82. The van der Waals surface area contributed by atoms with Crippen molar-refractivity contribution < 1.29 is 9.53 Å². The van der Waals surface area contributed by atoms with Crippen LogP contribution in [0.2, 0.25) is 0 Å². The highest BCUT2D eigenvalue weighted by atomic mass is 35.5. The van der Waals surface area contributed by atoms with Crippen molar-refractivity contribution in [3.05, 3.63) is 41.7 Å². The van der Waals surface area contributed by atoms with Gasteiger partial charge in [0.1, 0.15) is 11.4 Å². The number of amides is 1. The topological polar surface area (TPSA) is 59.4 Å². The summed E-state index contributed by atoms with van der Waals surface area (Å²) in [5, 5.41) is 8.16. The minimum absolute atomic E-state index is 0. The van der Waals surface area contributed by atoms with Crippen LogP contribution in [0.25, 0.3) is 5.69 Å². The van der Waals surface area contributed by atoms with Crippen LogP contribution in [0, 0.1) is 6.92 Å². The largest absolute Gasteiger partial charge is 0.494 e. The van der Waals surface area contributed by atoms with E-state index in [0.29, 0.717) is 23.8 Å². The van der Waals surface area contributed by atoms with E-state index < -0.39 is 0 Å². The van der Waals surface area contributed by atoms with E-state index in [1.807, 2.05) is 43.3 Å². The number of carbonyl (C=O) groups is 1. The smallest absolute Gasteiger partial charge is 0.274 e. The number of aryl methyl sites for hydroxylation is 1. The highest BCUT2D eigenvalue weighted by Crippen LogP contribution is 2.30. The van der Waals surface area contributed by atoms with Crippen LogP contribution in [-0.4, -0.2) is 52.9 Å². The van der Waals surface area contributed by atoms with Crippen LogP contribution in [0.15, 0.2) is 30.5 Å². The van der Waals surface area contributed by atoms with Gasteiger partial charge in [0.15, 0.2) is 5.69 Å². The second kappa shape index (κ2) is 7.90. The maximum absolute atomic E-state index is 12.9. The molecule has 2 aliphatic heterocycles. The van der Waals surface area contributed by atoms with Gasteiger partial charge in [0.25, 0.3) is 5.91 Å². The zero-order valence-corrected chi connectivity index (χ0v) is 16.8. The lowest BCUT2D eigenvalue weighted by atomic mass is 9.98. The van der Waals surface area contributed by atoms with Gasteiger partial charge >= 0.3 is 0 Å². The minimum Gasteiger partial charge on any atom is -0.494 e. The van der Waals surface area contributed by atoms with Crippen molar-refractivity contribution in [3.8, 4) is 11.4 Å². The van der Waals surface area contributed by atoms with E-state index in [1.54, 1.807) is 17.9 Å². The molecule has 2 saturated heterocycles. The Morgan fingerprint density at radius 2 is 1.96 bits per heavy atom. The normalized spacial score (nSPS) is 23.6. The summed E-state index contributed by atoms with van der Waals surface area (Å²) in [5.41, 5.74) is 2.43. The number of benzene rings is 1. The maximum atomic E-state index is 12.9. The van der Waals surface area contributed by atoms with Crippen molar-refractivity contribution in [2.75, 3.05) is 14.2 Å². The molecule has 2 fully saturated rings. The van der Waals surface area contributed by atoms with E-state index >= 15 is 0 Å². The van der Waals surface area contributed by atoms with Crippen LogP contribution in [0.3, 0.4) is 0 Å². The van der Waals surface area contributed by atoms with Crippen LogP contribution in [0.1, 0.15) is 41.7 Å². The second-order valence-electron chi connectivity index (χ2n) is 7.50. The number of rotatable bonds is 4. The summed E-state index contributed by atoms with van der Waals surface area (Å²) >= 11 is 0. The number of fused-ring (bicyclic) bond motifs is 2. The lowest BCUT2D eigenvalue weighted by molar-refractivity contribution is 0.0675. The molecule has 1 N–H and O–H groups in total. The molecule has 0 radical (unpaired) electrons. The van der Waals surface area contributed by atoms with E-state index in [2.05, 4.69) is 10.4 Å². The molecule has 0 spiro atoms. The van der Waals surface area contributed by atoms with Crippen LogP contribution in [-0.2, 0) is 0 Å². The summed E-state index contributed by atoms with van der Waals surface area (Å²) in [4.78, 5) is 14.8. The fourth-order valence-corrected chi connectivity index (χ4v) is 4.24. The number of hydrogen-bond acceptors (Lipinski definition) is 4. The molecule has 1 aromatic heterocycles. The van der Waals surface area contributed by atoms with Crippen molar-refractivity contribution in [3.63, 3.8) is 0 Å². The Bertz CT molecular complexity index is 810. The molecule has 2 aliphatic rings. The zero-order chi connectivity index (χ0) is 18.3. The van der Waals surface area contributed by atoms with E-state index in [9.17, 15) is 4.79 Å². The fraction of sp³-hybridized carbons (Fsp3) is 0.500. The van der Waals surface area contributed by atoms with Crippen LogP contribution in [0.5, 0.6) is 5.75 Å². The number of methoxy groups -OCH3 is 1. The molecule has 2 atom stereocenters. The Labute approximate surface area is 166 Å². The molecular weight excluding hydrogens is 364 g/mol. The van der Waals surface area contributed by atoms with Gasteiger partial charge in [-0.15, -0.1) is 12.4 Å². The third-order valence-corrected chi connectivity index (χ3v) is 5.71. The van der Waals surface area contributed by atoms with Crippen molar-refractivity contribution in [2.24, 2.45) is 0 Å².